The van der Waals surface area contributed by atoms with Crippen molar-refractivity contribution >= 4 is 15.9 Å². The van der Waals surface area contributed by atoms with E-state index in [1.807, 2.05) is 6.07 Å². The van der Waals surface area contributed by atoms with Crippen LogP contribution in [0.5, 0.6) is 0 Å². The van der Waals surface area contributed by atoms with Gasteiger partial charge in [0.15, 0.2) is 0 Å². The number of benzene rings is 1. The lowest BCUT2D eigenvalue weighted by Crippen LogP contribution is -2.28. The number of nitrogens with zero attached hydrogens (tertiary/aromatic N) is 1. The van der Waals surface area contributed by atoms with E-state index in [0.29, 0.717) is 0 Å². The van der Waals surface area contributed by atoms with Crippen LogP contribution < -0.4 is 0 Å². The van der Waals surface area contributed by atoms with Crippen LogP contribution in [0.1, 0.15) is 39.2 Å². The van der Waals surface area contributed by atoms with Gasteiger partial charge in [-0.1, -0.05) is 49.5 Å². The molecule has 0 radical (unpaired) electrons. The summed E-state index contributed by atoms with van der Waals surface area (Å²) in [4.78, 5) is 2.39. The molecular formula is C15H23BrFN. The standard InChI is InChI=1S/C15H23BrFN/c1-4-12(5-2)10-18(6-3)11-13-7-14(16)9-15(17)8-13/h7-9,12H,4-6,10-11H2,1-3H3. The Kier molecular flexibility index (Phi) is 6.87. The summed E-state index contributed by atoms with van der Waals surface area (Å²) in [6.07, 6.45) is 2.42. The number of halogens is 2. The molecule has 1 aromatic carbocycles. The van der Waals surface area contributed by atoms with Crippen LogP contribution in [0.2, 0.25) is 0 Å². The van der Waals surface area contributed by atoms with Crippen molar-refractivity contribution < 1.29 is 4.39 Å². The first-order valence-corrected chi connectivity index (χ1v) is 7.55. The molecule has 102 valence electrons. The van der Waals surface area contributed by atoms with Crippen LogP contribution >= 0.6 is 15.9 Å². The van der Waals surface area contributed by atoms with Crippen molar-refractivity contribution in [3.63, 3.8) is 0 Å². The van der Waals surface area contributed by atoms with E-state index in [1.165, 1.54) is 18.9 Å². The number of hydrogen-bond donors (Lipinski definition) is 0. The summed E-state index contributed by atoms with van der Waals surface area (Å²) in [7, 11) is 0. The first-order valence-electron chi connectivity index (χ1n) is 6.76. The van der Waals surface area contributed by atoms with Gasteiger partial charge in [-0.2, -0.15) is 0 Å². The number of rotatable bonds is 7. The van der Waals surface area contributed by atoms with Crippen molar-refractivity contribution in [3.05, 3.63) is 34.1 Å². The highest BCUT2D eigenvalue weighted by molar-refractivity contribution is 9.10. The van der Waals surface area contributed by atoms with E-state index >= 15 is 0 Å². The van der Waals surface area contributed by atoms with Gasteiger partial charge in [-0.15, -0.1) is 0 Å². The van der Waals surface area contributed by atoms with Gasteiger partial charge in [-0.25, -0.2) is 4.39 Å². The van der Waals surface area contributed by atoms with Crippen LogP contribution in [0.15, 0.2) is 22.7 Å². The monoisotopic (exact) mass is 315 g/mol. The molecule has 0 aliphatic carbocycles. The molecular weight excluding hydrogens is 293 g/mol. The highest BCUT2D eigenvalue weighted by Gasteiger charge is 2.11. The third-order valence-corrected chi connectivity index (χ3v) is 3.90. The molecule has 1 nitrogen and oxygen atoms in total. The Labute approximate surface area is 119 Å². The van der Waals surface area contributed by atoms with Crippen LogP contribution in [0, 0.1) is 11.7 Å². The van der Waals surface area contributed by atoms with E-state index in [1.54, 1.807) is 6.07 Å². The average molecular weight is 316 g/mol. The lowest BCUT2D eigenvalue weighted by Gasteiger charge is -2.25. The first-order chi connectivity index (χ1) is 8.58. The summed E-state index contributed by atoms with van der Waals surface area (Å²) < 4.78 is 14.1. The van der Waals surface area contributed by atoms with E-state index in [-0.39, 0.29) is 5.82 Å². The van der Waals surface area contributed by atoms with Crippen molar-refractivity contribution in [1.29, 1.82) is 0 Å². The Morgan fingerprint density at radius 3 is 2.33 bits per heavy atom. The third kappa shape index (κ3) is 5.07. The molecule has 0 bridgehead atoms. The lowest BCUT2D eigenvalue weighted by molar-refractivity contribution is 0.226. The average Bonchev–Trinajstić information content (AvgIpc) is 2.33. The summed E-state index contributed by atoms with van der Waals surface area (Å²) in [5, 5.41) is 0. The Hall–Kier alpha value is -0.410. The summed E-state index contributed by atoms with van der Waals surface area (Å²) in [6, 6.07) is 5.12. The smallest absolute Gasteiger partial charge is 0.124 e. The molecule has 18 heavy (non-hydrogen) atoms. The fourth-order valence-corrected chi connectivity index (χ4v) is 2.69. The van der Waals surface area contributed by atoms with Crippen LogP contribution in [0.25, 0.3) is 0 Å². The third-order valence-electron chi connectivity index (χ3n) is 3.45. The van der Waals surface area contributed by atoms with Gasteiger partial charge in [-0.05, 0) is 36.2 Å². The fourth-order valence-electron chi connectivity index (χ4n) is 2.18. The molecule has 0 aliphatic rings. The topological polar surface area (TPSA) is 3.24 Å². The predicted octanol–water partition coefficient (Wildman–Crippen LogP) is 4.85. The zero-order valence-corrected chi connectivity index (χ0v) is 13.1. The van der Waals surface area contributed by atoms with Crippen LogP contribution in [-0.4, -0.2) is 18.0 Å². The summed E-state index contributed by atoms with van der Waals surface area (Å²) in [5.41, 5.74) is 1.04. The van der Waals surface area contributed by atoms with Gasteiger partial charge in [-0.3, -0.25) is 4.90 Å². The van der Waals surface area contributed by atoms with Crippen LogP contribution in [0.3, 0.4) is 0 Å². The SMILES string of the molecule is CCC(CC)CN(CC)Cc1cc(F)cc(Br)c1. The van der Waals surface area contributed by atoms with E-state index in [0.717, 1.165) is 35.6 Å². The lowest BCUT2D eigenvalue weighted by atomic mass is 10.0. The Morgan fingerprint density at radius 2 is 1.83 bits per heavy atom. The van der Waals surface area contributed by atoms with Crippen molar-refractivity contribution in [2.75, 3.05) is 13.1 Å². The second-order valence-electron chi connectivity index (χ2n) is 4.79. The highest BCUT2D eigenvalue weighted by atomic mass is 79.9. The van der Waals surface area contributed by atoms with Crippen LogP contribution in [-0.2, 0) is 6.54 Å². The quantitative estimate of drug-likeness (QED) is 0.695. The maximum atomic E-state index is 13.3. The molecule has 0 unspecified atom stereocenters. The van der Waals surface area contributed by atoms with Gasteiger partial charge in [0, 0.05) is 17.6 Å². The molecule has 0 heterocycles. The Bertz CT molecular complexity index is 343. The molecule has 0 amide bonds. The summed E-state index contributed by atoms with van der Waals surface area (Å²) >= 11 is 3.34. The van der Waals surface area contributed by atoms with Gasteiger partial charge in [0.2, 0.25) is 0 Å². The van der Waals surface area contributed by atoms with Gasteiger partial charge >= 0.3 is 0 Å². The number of hydrogen-bond acceptors (Lipinski definition) is 1. The van der Waals surface area contributed by atoms with Gasteiger partial charge in [0.25, 0.3) is 0 Å². The fraction of sp³-hybridized carbons (Fsp3) is 0.600. The predicted molar refractivity (Wildman–Crippen MR) is 79.1 cm³/mol. The second-order valence-corrected chi connectivity index (χ2v) is 5.70. The molecule has 0 saturated carbocycles. The van der Waals surface area contributed by atoms with Crippen molar-refractivity contribution in [2.24, 2.45) is 5.92 Å². The Balaban J connectivity index is 2.67. The highest BCUT2D eigenvalue weighted by Crippen LogP contribution is 2.18. The molecule has 1 rings (SSSR count). The van der Waals surface area contributed by atoms with E-state index in [9.17, 15) is 4.39 Å². The zero-order valence-electron chi connectivity index (χ0n) is 11.5. The minimum atomic E-state index is -0.169. The van der Waals surface area contributed by atoms with Gasteiger partial charge in [0.1, 0.15) is 5.82 Å². The normalized spacial score (nSPS) is 11.5. The van der Waals surface area contributed by atoms with E-state index in [4.69, 9.17) is 0 Å². The molecule has 1 aromatic rings. The van der Waals surface area contributed by atoms with Crippen molar-refractivity contribution in [1.82, 2.24) is 4.90 Å². The minimum absolute atomic E-state index is 0.169. The van der Waals surface area contributed by atoms with Crippen molar-refractivity contribution in [3.8, 4) is 0 Å². The zero-order chi connectivity index (χ0) is 13.5. The first kappa shape index (κ1) is 15.6. The molecule has 0 spiro atoms. The van der Waals surface area contributed by atoms with Crippen molar-refractivity contribution in [2.45, 2.75) is 40.2 Å². The van der Waals surface area contributed by atoms with Gasteiger partial charge < -0.3 is 0 Å². The van der Waals surface area contributed by atoms with E-state index in [2.05, 4.69) is 41.6 Å². The maximum absolute atomic E-state index is 13.3. The molecule has 3 heteroatoms. The Morgan fingerprint density at radius 1 is 1.17 bits per heavy atom. The minimum Gasteiger partial charge on any atom is -0.299 e. The second kappa shape index (κ2) is 7.90. The largest absolute Gasteiger partial charge is 0.299 e. The maximum Gasteiger partial charge on any atom is 0.124 e. The van der Waals surface area contributed by atoms with E-state index < -0.39 is 0 Å². The summed E-state index contributed by atoms with van der Waals surface area (Å²) in [5.74, 6) is 0.569. The van der Waals surface area contributed by atoms with Crippen LogP contribution in [0.4, 0.5) is 4.39 Å². The molecule has 0 aliphatic heterocycles. The summed E-state index contributed by atoms with van der Waals surface area (Å²) in [6.45, 7) is 9.56. The molecule has 0 aromatic heterocycles. The molecule has 0 atom stereocenters. The molecule has 0 saturated heterocycles. The molecule has 0 N–H and O–H groups in total. The van der Waals surface area contributed by atoms with Gasteiger partial charge in [0.05, 0.1) is 0 Å². The molecule has 0 fully saturated rings.